The second kappa shape index (κ2) is 3.19. The molecule has 82 valence electrons. The Kier molecular flexibility index (Phi) is 1.82. The maximum atomic E-state index is 10.7. The molecule has 0 spiro atoms. The zero-order valence-corrected chi connectivity index (χ0v) is 8.46. The molecule has 0 aliphatic heterocycles. The third kappa shape index (κ3) is 1.48. The smallest absolute Gasteiger partial charge is 0.381 e. The van der Waals surface area contributed by atoms with Gasteiger partial charge in [0.2, 0.25) is 6.33 Å². The summed E-state index contributed by atoms with van der Waals surface area (Å²) in [5, 5.41) is 14.0. The molecule has 16 heavy (non-hydrogen) atoms. The molecule has 0 radical (unpaired) electrons. The summed E-state index contributed by atoms with van der Waals surface area (Å²) in [5.41, 5.74) is 1.49. The van der Waals surface area contributed by atoms with Gasteiger partial charge in [-0.1, -0.05) is 0 Å². The minimum atomic E-state index is -0.469. The van der Waals surface area contributed by atoms with Crippen LogP contribution in [-0.2, 0) is 0 Å². The van der Waals surface area contributed by atoms with Gasteiger partial charge in [0.25, 0.3) is 0 Å². The second-order valence-corrected chi connectivity index (χ2v) is 3.95. The van der Waals surface area contributed by atoms with Crippen LogP contribution in [0.1, 0.15) is 12.8 Å². The number of rotatable bonds is 3. The van der Waals surface area contributed by atoms with Crippen molar-refractivity contribution >= 4 is 17.0 Å². The van der Waals surface area contributed by atoms with Crippen LogP contribution in [0.4, 0.5) is 11.5 Å². The van der Waals surface area contributed by atoms with Crippen molar-refractivity contribution in [1.29, 1.82) is 0 Å². The highest BCUT2D eigenvalue weighted by Crippen LogP contribution is 2.26. The Hall–Kier alpha value is -2.11. The first-order valence-electron chi connectivity index (χ1n) is 5.12. The lowest BCUT2D eigenvalue weighted by Gasteiger charge is -2.03. The first kappa shape index (κ1) is 9.14. The Bertz CT molecular complexity index is 559. The van der Waals surface area contributed by atoms with Gasteiger partial charge in [-0.3, -0.25) is 4.40 Å². The van der Waals surface area contributed by atoms with Crippen molar-refractivity contribution < 1.29 is 4.92 Å². The minimum absolute atomic E-state index is 0.0991. The van der Waals surface area contributed by atoms with E-state index in [4.69, 9.17) is 0 Å². The maximum Gasteiger partial charge on any atom is 0.389 e. The van der Waals surface area contributed by atoms with Crippen LogP contribution in [0.2, 0.25) is 0 Å². The van der Waals surface area contributed by atoms with E-state index >= 15 is 0 Å². The quantitative estimate of drug-likeness (QED) is 0.630. The minimum Gasteiger partial charge on any atom is -0.381 e. The molecule has 0 saturated heterocycles. The first-order chi connectivity index (χ1) is 7.74. The standard InChI is InChI=1S/C10H10N4O2/c15-14(16)10-9-4-3-8(12-7-1-2-7)5-13(9)6-11-10/h3-7,12H,1-2H2. The highest BCUT2D eigenvalue weighted by Gasteiger charge is 2.21. The monoisotopic (exact) mass is 218 g/mol. The third-order valence-corrected chi connectivity index (χ3v) is 2.63. The van der Waals surface area contributed by atoms with Crippen molar-refractivity contribution in [2.24, 2.45) is 0 Å². The molecule has 1 saturated carbocycles. The molecule has 2 heterocycles. The lowest BCUT2D eigenvalue weighted by atomic mass is 10.3. The Morgan fingerprint density at radius 1 is 1.50 bits per heavy atom. The molecule has 0 bridgehead atoms. The molecule has 1 fully saturated rings. The molecular formula is C10H10N4O2. The van der Waals surface area contributed by atoms with Crippen molar-refractivity contribution in [1.82, 2.24) is 9.38 Å². The number of nitro groups is 1. The van der Waals surface area contributed by atoms with E-state index in [1.807, 2.05) is 12.3 Å². The largest absolute Gasteiger partial charge is 0.389 e. The van der Waals surface area contributed by atoms with Gasteiger partial charge in [-0.05, 0) is 34.9 Å². The Morgan fingerprint density at radius 3 is 3.00 bits per heavy atom. The average molecular weight is 218 g/mol. The van der Waals surface area contributed by atoms with Crippen molar-refractivity contribution in [3.8, 4) is 0 Å². The van der Waals surface area contributed by atoms with Crippen LogP contribution in [0.25, 0.3) is 5.52 Å². The molecule has 6 nitrogen and oxygen atoms in total. The van der Waals surface area contributed by atoms with Crippen LogP contribution < -0.4 is 5.32 Å². The molecule has 2 aromatic heterocycles. The van der Waals surface area contributed by atoms with Crippen molar-refractivity contribution in [3.05, 3.63) is 34.8 Å². The molecule has 0 aromatic carbocycles. The van der Waals surface area contributed by atoms with Gasteiger partial charge in [-0.2, -0.15) is 0 Å². The molecule has 3 rings (SSSR count). The summed E-state index contributed by atoms with van der Waals surface area (Å²) in [6.45, 7) is 0. The summed E-state index contributed by atoms with van der Waals surface area (Å²) in [5.74, 6) is -0.0991. The van der Waals surface area contributed by atoms with Gasteiger partial charge in [0.15, 0.2) is 0 Å². The maximum absolute atomic E-state index is 10.7. The number of nitrogens with one attached hydrogen (secondary N) is 1. The lowest BCUT2D eigenvalue weighted by Crippen LogP contribution is -2.01. The summed E-state index contributed by atoms with van der Waals surface area (Å²) < 4.78 is 1.67. The van der Waals surface area contributed by atoms with Crippen molar-refractivity contribution in [2.75, 3.05) is 5.32 Å². The van der Waals surface area contributed by atoms with E-state index in [2.05, 4.69) is 10.3 Å². The second-order valence-electron chi connectivity index (χ2n) is 3.95. The molecular weight excluding hydrogens is 208 g/mol. The van der Waals surface area contributed by atoms with Crippen molar-refractivity contribution in [2.45, 2.75) is 18.9 Å². The summed E-state index contributed by atoms with van der Waals surface area (Å²) in [7, 11) is 0. The van der Waals surface area contributed by atoms with Gasteiger partial charge in [0.1, 0.15) is 5.52 Å². The number of hydrogen-bond donors (Lipinski definition) is 1. The van der Waals surface area contributed by atoms with Crippen LogP contribution in [0, 0.1) is 10.1 Å². The van der Waals surface area contributed by atoms with Gasteiger partial charge in [0.05, 0.1) is 5.69 Å². The van der Waals surface area contributed by atoms with Gasteiger partial charge in [-0.15, -0.1) is 0 Å². The van der Waals surface area contributed by atoms with Gasteiger partial charge < -0.3 is 15.4 Å². The molecule has 0 unspecified atom stereocenters. The molecule has 0 amide bonds. The van der Waals surface area contributed by atoms with Gasteiger partial charge >= 0.3 is 5.82 Å². The highest BCUT2D eigenvalue weighted by atomic mass is 16.6. The van der Waals surface area contributed by atoms with E-state index in [9.17, 15) is 10.1 Å². The number of imidazole rings is 1. The fourth-order valence-electron chi connectivity index (χ4n) is 1.68. The predicted octanol–water partition coefficient (Wildman–Crippen LogP) is 1.82. The topological polar surface area (TPSA) is 72.5 Å². The number of aromatic nitrogens is 2. The van der Waals surface area contributed by atoms with Crippen LogP contribution in [-0.4, -0.2) is 20.3 Å². The van der Waals surface area contributed by atoms with E-state index in [0.29, 0.717) is 11.6 Å². The fourth-order valence-corrected chi connectivity index (χ4v) is 1.68. The summed E-state index contributed by atoms with van der Waals surface area (Å²) >= 11 is 0. The van der Waals surface area contributed by atoms with E-state index in [-0.39, 0.29) is 5.82 Å². The van der Waals surface area contributed by atoms with Gasteiger partial charge in [-0.25, -0.2) is 0 Å². The molecule has 2 aromatic rings. The third-order valence-electron chi connectivity index (χ3n) is 2.63. The summed E-state index contributed by atoms with van der Waals surface area (Å²) in [6, 6.07) is 4.13. The molecule has 6 heteroatoms. The molecule has 1 aliphatic carbocycles. The van der Waals surface area contributed by atoms with E-state index in [0.717, 1.165) is 5.69 Å². The lowest BCUT2D eigenvalue weighted by molar-refractivity contribution is -0.387. The van der Waals surface area contributed by atoms with E-state index < -0.39 is 4.92 Å². The summed E-state index contributed by atoms with van der Waals surface area (Å²) in [4.78, 5) is 14.0. The summed E-state index contributed by atoms with van der Waals surface area (Å²) in [6.07, 6.45) is 5.68. The van der Waals surface area contributed by atoms with Gasteiger partial charge in [0, 0.05) is 12.2 Å². The molecule has 1 N–H and O–H groups in total. The number of nitrogens with zero attached hydrogens (tertiary/aromatic N) is 3. The molecule has 1 aliphatic rings. The Labute approximate surface area is 91.1 Å². The number of hydrogen-bond acceptors (Lipinski definition) is 4. The van der Waals surface area contributed by atoms with Crippen LogP contribution in [0.3, 0.4) is 0 Å². The Morgan fingerprint density at radius 2 is 2.31 bits per heavy atom. The highest BCUT2D eigenvalue weighted by molar-refractivity contribution is 5.64. The van der Waals surface area contributed by atoms with Crippen LogP contribution in [0.15, 0.2) is 24.7 Å². The average Bonchev–Trinajstić information content (AvgIpc) is 2.96. The zero-order chi connectivity index (χ0) is 11.1. The fraction of sp³-hybridized carbons (Fsp3) is 0.300. The molecule has 0 atom stereocenters. The van der Waals surface area contributed by atoms with Crippen LogP contribution >= 0.6 is 0 Å². The van der Waals surface area contributed by atoms with E-state index in [1.165, 1.54) is 19.2 Å². The normalized spacial score (nSPS) is 15.2. The SMILES string of the molecule is O=[N+]([O-])c1ncn2cc(NC3CC3)ccc12. The van der Waals surface area contributed by atoms with Crippen molar-refractivity contribution in [3.63, 3.8) is 0 Å². The Balaban J connectivity index is 2.01. The van der Waals surface area contributed by atoms with E-state index in [1.54, 1.807) is 10.5 Å². The predicted molar refractivity (Wildman–Crippen MR) is 58.5 cm³/mol. The number of anilines is 1. The zero-order valence-electron chi connectivity index (χ0n) is 8.46. The van der Waals surface area contributed by atoms with Crippen LogP contribution in [0.5, 0.6) is 0 Å². The number of pyridine rings is 1. The first-order valence-corrected chi connectivity index (χ1v) is 5.12. The number of fused-ring (bicyclic) bond motifs is 1.